The van der Waals surface area contributed by atoms with Crippen molar-refractivity contribution in [1.82, 2.24) is 4.31 Å². The molecule has 118 valence electrons. The molecule has 0 bridgehead atoms. The van der Waals surface area contributed by atoms with Crippen LogP contribution in [0.25, 0.3) is 0 Å². The van der Waals surface area contributed by atoms with Gasteiger partial charge in [-0.15, -0.1) is 0 Å². The van der Waals surface area contributed by atoms with Crippen molar-refractivity contribution in [3.8, 4) is 0 Å². The van der Waals surface area contributed by atoms with E-state index in [0.717, 1.165) is 24.0 Å². The largest absolute Gasteiger partial charge is 0.398 e. The molecule has 0 heterocycles. The lowest BCUT2D eigenvalue weighted by molar-refractivity contribution is 0.300. The van der Waals surface area contributed by atoms with Crippen molar-refractivity contribution >= 4 is 15.7 Å². The molecule has 1 aromatic carbocycles. The van der Waals surface area contributed by atoms with E-state index in [4.69, 9.17) is 5.73 Å². The Labute approximate surface area is 128 Å². The Balaban J connectivity index is 2.22. The number of aryl methyl sites for hydroxylation is 2. The van der Waals surface area contributed by atoms with Gasteiger partial charge in [0.1, 0.15) is 4.90 Å². The molecule has 1 saturated carbocycles. The molecule has 1 fully saturated rings. The average Bonchev–Trinajstić information content (AvgIpc) is 2.43. The fraction of sp³-hybridized carbons (Fsp3) is 0.625. The minimum atomic E-state index is -3.50. The summed E-state index contributed by atoms with van der Waals surface area (Å²) in [7, 11) is -1.83. The van der Waals surface area contributed by atoms with Crippen LogP contribution in [0.1, 0.15) is 43.2 Å². The van der Waals surface area contributed by atoms with E-state index in [1.165, 1.54) is 23.6 Å². The molecule has 0 unspecified atom stereocenters. The molecular weight excluding hydrogens is 284 g/mol. The first-order chi connectivity index (χ1) is 9.82. The van der Waals surface area contributed by atoms with Crippen molar-refractivity contribution in [3.63, 3.8) is 0 Å². The number of hydrogen-bond donors (Lipinski definition) is 1. The maximum absolute atomic E-state index is 12.7. The molecule has 2 N–H and O–H groups in total. The maximum Gasteiger partial charge on any atom is 0.244 e. The summed E-state index contributed by atoms with van der Waals surface area (Å²) in [6.45, 7) is 4.44. The van der Waals surface area contributed by atoms with Crippen LogP contribution in [0.4, 0.5) is 5.69 Å². The number of nitrogen functional groups attached to an aromatic ring is 1. The summed E-state index contributed by atoms with van der Waals surface area (Å²) >= 11 is 0. The molecule has 0 saturated heterocycles. The third-order valence-corrected chi connectivity index (χ3v) is 6.43. The van der Waals surface area contributed by atoms with Gasteiger partial charge >= 0.3 is 0 Å². The third kappa shape index (κ3) is 3.58. The van der Waals surface area contributed by atoms with Gasteiger partial charge < -0.3 is 5.73 Å². The lowest BCUT2D eigenvalue weighted by Crippen LogP contribution is -2.33. The zero-order valence-corrected chi connectivity index (χ0v) is 14.0. The standard InChI is InChI=1S/C16H26N2O2S/c1-12-9-15(17)16(10-13(12)2)21(19,20)18(3)11-14-7-5-4-6-8-14/h9-10,14H,4-8,11,17H2,1-3H3. The molecule has 1 aromatic rings. The summed E-state index contributed by atoms with van der Waals surface area (Å²) in [5.41, 5.74) is 8.25. The number of nitrogens with zero attached hydrogens (tertiary/aromatic N) is 1. The highest BCUT2D eigenvalue weighted by atomic mass is 32.2. The highest BCUT2D eigenvalue weighted by Gasteiger charge is 2.26. The lowest BCUT2D eigenvalue weighted by Gasteiger charge is -2.27. The summed E-state index contributed by atoms with van der Waals surface area (Å²) in [6.07, 6.45) is 5.95. The zero-order valence-electron chi connectivity index (χ0n) is 13.2. The summed E-state index contributed by atoms with van der Waals surface area (Å²) in [4.78, 5) is 0.240. The summed E-state index contributed by atoms with van der Waals surface area (Å²) in [5.74, 6) is 0.478. The van der Waals surface area contributed by atoms with E-state index < -0.39 is 10.0 Å². The molecule has 5 heteroatoms. The fourth-order valence-electron chi connectivity index (χ4n) is 3.03. The van der Waals surface area contributed by atoms with Crippen molar-refractivity contribution in [2.45, 2.75) is 50.8 Å². The average molecular weight is 310 g/mol. The fourth-order valence-corrected chi connectivity index (χ4v) is 4.46. The van der Waals surface area contributed by atoms with Crippen LogP contribution in [-0.4, -0.2) is 26.3 Å². The first kappa shape index (κ1) is 16.3. The first-order valence-corrected chi connectivity index (χ1v) is 9.09. The van der Waals surface area contributed by atoms with Gasteiger partial charge in [-0.2, -0.15) is 0 Å². The molecule has 0 radical (unpaired) electrons. The molecule has 1 aliphatic rings. The molecular formula is C16H26N2O2S. The molecule has 0 aromatic heterocycles. The van der Waals surface area contributed by atoms with E-state index >= 15 is 0 Å². The Hall–Kier alpha value is -1.07. The van der Waals surface area contributed by atoms with E-state index in [1.54, 1.807) is 19.2 Å². The summed E-state index contributed by atoms with van der Waals surface area (Å²) < 4.78 is 26.9. The van der Waals surface area contributed by atoms with E-state index in [1.807, 2.05) is 13.8 Å². The van der Waals surface area contributed by atoms with Crippen LogP contribution in [0.5, 0.6) is 0 Å². The minimum Gasteiger partial charge on any atom is -0.398 e. The molecule has 0 aliphatic heterocycles. The van der Waals surface area contributed by atoms with Gasteiger partial charge in [0.25, 0.3) is 0 Å². The molecule has 4 nitrogen and oxygen atoms in total. The zero-order chi connectivity index (χ0) is 15.6. The van der Waals surface area contributed by atoms with Crippen molar-refractivity contribution in [3.05, 3.63) is 23.3 Å². The maximum atomic E-state index is 12.7. The summed E-state index contributed by atoms with van der Waals surface area (Å²) in [5, 5.41) is 0. The smallest absolute Gasteiger partial charge is 0.244 e. The van der Waals surface area contributed by atoms with E-state index in [9.17, 15) is 8.42 Å². The van der Waals surface area contributed by atoms with Gasteiger partial charge in [0.15, 0.2) is 0 Å². The molecule has 2 rings (SSSR count). The molecule has 0 spiro atoms. The summed E-state index contributed by atoms with van der Waals surface area (Å²) in [6, 6.07) is 3.44. The van der Waals surface area contributed by atoms with Gasteiger partial charge in [0.05, 0.1) is 5.69 Å². The van der Waals surface area contributed by atoms with Crippen LogP contribution in [0.15, 0.2) is 17.0 Å². The van der Waals surface area contributed by atoms with E-state index in [2.05, 4.69) is 0 Å². The Morgan fingerprint density at radius 1 is 1.14 bits per heavy atom. The molecule has 21 heavy (non-hydrogen) atoms. The van der Waals surface area contributed by atoms with E-state index in [-0.39, 0.29) is 4.90 Å². The van der Waals surface area contributed by atoms with Gasteiger partial charge in [-0.1, -0.05) is 19.3 Å². The first-order valence-electron chi connectivity index (χ1n) is 7.65. The van der Waals surface area contributed by atoms with Gasteiger partial charge in [-0.25, -0.2) is 12.7 Å². The van der Waals surface area contributed by atoms with Crippen LogP contribution in [-0.2, 0) is 10.0 Å². The molecule has 0 amide bonds. The Morgan fingerprint density at radius 3 is 2.33 bits per heavy atom. The quantitative estimate of drug-likeness (QED) is 0.869. The van der Waals surface area contributed by atoms with Crippen molar-refractivity contribution < 1.29 is 8.42 Å². The number of hydrogen-bond acceptors (Lipinski definition) is 3. The van der Waals surface area contributed by atoms with Crippen LogP contribution < -0.4 is 5.73 Å². The number of nitrogens with two attached hydrogens (primary N) is 1. The van der Waals surface area contributed by atoms with Crippen LogP contribution in [0, 0.1) is 19.8 Å². The SMILES string of the molecule is Cc1cc(N)c(S(=O)(=O)N(C)CC2CCCCC2)cc1C. The number of benzene rings is 1. The molecule has 0 atom stereocenters. The monoisotopic (exact) mass is 310 g/mol. The van der Waals surface area contributed by atoms with Gasteiger partial charge in [-0.05, 0) is 55.9 Å². The van der Waals surface area contributed by atoms with Gasteiger partial charge in [-0.3, -0.25) is 0 Å². The van der Waals surface area contributed by atoms with Crippen LogP contribution in [0.3, 0.4) is 0 Å². The number of rotatable bonds is 4. The minimum absolute atomic E-state index is 0.240. The Kier molecular flexibility index (Phi) is 4.94. The second-order valence-corrected chi connectivity index (χ2v) is 8.28. The van der Waals surface area contributed by atoms with Crippen LogP contribution >= 0.6 is 0 Å². The second-order valence-electron chi connectivity index (χ2n) is 6.26. The third-order valence-electron chi connectivity index (χ3n) is 4.55. The van der Waals surface area contributed by atoms with Crippen molar-refractivity contribution in [1.29, 1.82) is 0 Å². The second kappa shape index (κ2) is 6.36. The highest BCUT2D eigenvalue weighted by Crippen LogP contribution is 2.28. The highest BCUT2D eigenvalue weighted by molar-refractivity contribution is 7.89. The number of sulfonamides is 1. The lowest BCUT2D eigenvalue weighted by atomic mass is 9.89. The predicted octanol–water partition coefficient (Wildman–Crippen LogP) is 3.09. The van der Waals surface area contributed by atoms with E-state index in [0.29, 0.717) is 18.2 Å². The predicted molar refractivity (Wildman–Crippen MR) is 86.7 cm³/mol. The topological polar surface area (TPSA) is 63.4 Å². The number of anilines is 1. The van der Waals surface area contributed by atoms with Crippen molar-refractivity contribution in [2.75, 3.05) is 19.3 Å². The molecule has 1 aliphatic carbocycles. The van der Waals surface area contributed by atoms with Crippen molar-refractivity contribution in [2.24, 2.45) is 5.92 Å². The normalized spacial score (nSPS) is 17.3. The Morgan fingerprint density at radius 2 is 1.71 bits per heavy atom. The Bertz CT molecular complexity index is 605. The van der Waals surface area contributed by atoms with Gasteiger partial charge in [0.2, 0.25) is 10.0 Å². The van der Waals surface area contributed by atoms with Gasteiger partial charge in [0, 0.05) is 13.6 Å². The van der Waals surface area contributed by atoms with Crippen LogP contribution in [0.2, 0.25) is 0 Å².